The predicted octanol–water partition coefficient (Wildman–Crippen LogP) is 4.54. The van der Waals surface area contributed by atoms with Crippen molar-refractivity contribution in [2.45, 2.75) is 25.4 Å². The second-order valence-electron chi connectivity index (χ2n) is 5.20. The summed E-state index contributed by atoms with van der Waals surface area (Å²) in [7, 11) is 0. The Morgan fingerprint density at radius 3 is 2.86 bits per heavy atom. The smallest absolute Gasteiger partial charge is 0.130 e. The monoisotopic (exact) mass is 361 g/mol. The molecule has 21 heavy (non-hydrogen) atoms. The van der Waals surface area contributed by atoms with Crippen LogP contribution in [0.2, 0.25) is 0 Å². The van der Waals surface area contributed by atoms with Crippen LogP contribution in [0.1, 0.15) is 35.6 Å². The first-order chi connectivity index (χ1) is 10.1. The van der Waals surface area contributed by atoms with Crippen LogP contribution in [0.15, 0.2) is 46.9 Å². The second-order valence-corrected chi connectivity index (χ2v) is 6.56. The highest BCUT2D eigenvalue weighted by molar-refractivity contribution is 9.10. The van der Waals surface area contributed by atoms with E-state index in [0.717, 1.165) is 35.0 Å². The minimum Gasteiger partial charge on any atom is -0.485 e. The lowest BCUT2D eigenvalue weighted by molar-refractivity contribution is 0.183. The summed E-state index contributed by atoms with van der Waals surface area (Å²) < 4.78 is 7.19. The standard InChI is InChI=1S/C17H16BrNOS/c18-12-8-9-16(14(10-12)17(19)21)20-15-7-3-5-11-4-1-2-6-13(11)15/h1-2,4,6,8-10,15H,3,5,7H2,(H2,19,21). The Hall–Kier alpha value is -1.39. The van der Waals surface area contributed by atoms with Crippen LogP contribution in [-0.2, 0) is 6.42 Å². The lowest BCUT2D eigenvalue weighted by Crippen LogP contribution is -2.18. The molecular weight excluding hydrogens is 346 g/mol. The Balaban J connectivity index is 1.93. The van der Waals surface area contributed by atoms with Gasteiger partial charge in [-0.15, -0.1) is 0 Å². The zero-order valence-electron chi connectivity index (χ0n) is 11.5. The molecule has 2 aromatic carbocycles. The Morgan fingerprint density at radius 2 is 2.05 bits per heavy atom. The van der Waals surface area contributed by atoms with Crippen molar-refractivity contribution in [3.63, 3.8) is 0 Å². The van der Waals surface area contributed by atoms with Crippen LogP contribution >= 0.6 is 28.1 Å². The van der Waals surface area contributed by atoms with Gasteiger partial charge in [0.1, 0.15) is 16.8 Å². The van der Waals surface area contributed by atoms with Crippen molar-refractivity contribution in [1.29, 1.82) is 0 Å². The summed E-state index contributed by atoms with van der Waals surface area (Å²) in [6, 6.07) is 14.3. The van der Waals surface area contributed by atoms with Crippen molar-refractivity contribution >= 4 is 33.1 Å². The molecule has 0 amide bonds. The summed E-state index contributed by atoms with van der Waals surface area (Å²) >= 11 is 8.58. The van der Waals surface area contributed by atoms with E-state index >= 15 is 0 Å². The van der Waals surface area contributed by atoms with E-state index < -0.39 is 0 Å². The van der Waals surface area contributed by atoms with E-state index in [1.165, 1.54) is 11.1 Å². The average molecular weight is 362 g/mol. The molecule has 0 spiro atoms. The fourth-order valence-corrected chi connectivity index (χ4v) is 3.30. The maximum Gasteiger partial charge on any atom is 0.130 e. The number of nitrogens with two attached hydrogens (primary N) is 1. The third-order valence-corrected chi connectivity index (χ3v) is 4.50. The van der Waals surface area contributed by atoms with E-state index in [9.17, 15) is 0 Å². The zero-order chi connectivity index (χ0) is 14.8. The number of halogens is 1. The van der Waals surface area contributed by atoms with Crippen LogP contribution in [0.5, 0.6) is 5.75 Å². The molecule has 1 unspecified atom stereocenters. The number of benzene rings is 2. The first kappa shape index (κ1) is 14.5. The molecule has 0 saturated heterocycles. The number of thiocarbonyl (C=S) groups is 1. The topological polar surface area (TPSA) is 35.2 Å². The summed E-state index contributed by atoms with van der Waals surface area (Å²) in [5.41, 5.74) is 9.25. The van der Waals surface area contributed by atoms with Crippen molar-refractivity contribution in [1.82, 2.24) is 0 Å². The van der Waals surface area contributed by atoms with Gasteiger partial charge in [-0.3, -0.25) is 0 Å². The minimum absolute atomic E-state index is 0.0734. The quantitative estimate of drug-likeness (QED) is 0.815. The number of ether oxygens (including phenoxy) is 1. The van der Waals surface area contributed by atoms with Gasteiger partial charge in [0, 0.05) is 4.47 Å². The Labute approximate surface area is 138 Å². The maximum absolute atomic E-state index is 6.24. The molecule has 4 heteroatoms. The van der Waals surface area contributed by atoms with E-state index in [1.807, 2.05) is 18.2 Å². The van der Waals surface area contributed by atoms with Crippen molar-refractivity contribution in [2.75, 3.05) is 0 Å². The molecule has 0 radical (unpaired) electrons. The van der Waals surface area contributed by atoms with E-state index in [1.54, 1.807) is 0 Å². The van der Waals surface area contributed by atoms with Crippen molar-refractivity contribution in [3.05, 3.63) is 63.6 Å². The second kappa shape index (κ2) is 6.16. The highest BCUT2D eigenvalue weighted by atomic mass is 79.9. The minimum atomic E-state index is 0.0734. The van der Waals surface area contributed by atoms with Gasteiger partial charge in [0.15, 0.2) is 0 Å². The largest absolute Gasteiger partial charge is 0.485 e. The summed E-state index contributed by atoms with van der Waals surface area (Å²) in [6.45, 7) is 0. The van der Waals surface area contributed by atoms with Gasteiger partial charge in [-0.25, -0.2) is 0 Å². The van der Waals surface area contributed by atoms with Gasteiger partial charge in [-0.1, -0.05) is 52.4 Å². The molecule has 3 rings (SSSR count). The number of fused-ring (bicyclic) bond motifs is 1. The Morgan fingerprint density at radius 1 is 1.24 bits per heavy atom. The molecule has 0 heterocycles. The number of aryl methyl sites for hydroxylation is 1. The van der Waals surface area contributed by atoms with Gasteiger partial charge in [-0.2, -0.15) is 0 Å². The molecule has 2 nitrogen and oxygen atoms in total. The molecular formula is C17H16BrNOS. The van der Waals surface area contributed by atoms with Gasteiger partial charge in [0.25, 0.3) is 0 Å². The molecule has 0 aromatic heterocycles. The third-order valence-electron chi connectivity index (χ3n) is 3.79. The van der Waals surface area contributed by atoms with Crippen LogP contribution < -0.4 is 10.5 Å². The third kappa shape index (κ3) is 3.11. The first-order valence-electron chi connectivity index (χ1n) is 6.99. The SMILES string of the molecule is NC(=S)c1cc(Br)ccc1OC1CCCc2ccccc21. The molecule has 0 fully saturated rings. The highest BCUT2D eigenvalue weighted by Crippen LogP contribution is 2.35. The van der Waals surface area contributed by atoms with Gasteiger partial charge in [0.05, 0.1) is 5.56 Å². The van der Waals surface area contributed by atoms with Crippen molar-refractivity contribution < 1.29 is 4.74 Å². The molecule has 108 valence electrons. The van der Waals surface area contributed by atoms with E-state index in [0.29, 0.717) is 4.99 Å². The molecule has 1 aliphatic rings. The average Bonchev–Trinajstić information content (AvgIpc) is 2.49. The fourth-order valence-electron chi connectivity index (χ4n) is 2.78. The predicted molar refractivity (Wildman–Crippen MR) is 92.8 cm³/mol. The summed E-state index contributed by atoms with van der Waals surface area (Å²) in [4.78, 5) is 0.357. The lowest BCUT2D eigenvalue weighted by atomic mass is 9.89. The Bertz CT molecular complexity index is 686. The van der Waals surface area contributed by atoms with E-state index in [-0.39, 0.29) is 6.10 Å². The number of rotatable bonds is 3. The van der Waals surface area contributed by atoms with Crippen LogP contribution in [0.4, 0.5) is 0 Å². The molecule has 1 aliphatic carbocycles. The fraction of sp³-hybridized carbons (Fsp3) is 0.235. The number of hydrogen-bond donors (Lipinski definition) is 1. The maximum atomic E-state index is 6.24. The van der Waals surface area contributed by atoms with Gasteiger partial charge in [0.2, 0.25) is 0 Å². The van der Waals surface area contributed by atoms with E-state index in [2.05, 4.69) is 40.2 Å². The van der Waals surface area contributed by atoms with Gasteiger partial charge in [-0.05, 0) is 48.6 Å². The molecule has 0 bridgehead atoms. The summed E-state index contributed by atoms with van der Waals surface area (Å²) in [5, 5.41) is 0. The lowest BCUT2D eigenvalue weighted by Gasteiger charge is -2.27. The molecule has 0 saturated carbocycles. The van der Waals surface area contributed by atoms with Gasteiger partial charge < -0.3 is 10.5 Å². The number of hydrogen-bond acceptors (Lipinski definition) is 2. The normalized spacial score (nSPS) is 17.1. The van der Waals surface area contributed by atoms with Crippen molar-refractivity contribution in [2.24, 2.45) is 5.73 Å². The molecule has 0 aliphatic heterocycles. The van der Waals surface area contributed by atoms with Crippen LogP contribution in [0.3, 0.4) is 0 Å². The Kier molecular flexibility index (Phi) is 4.27. The molecule has 2 N–H and O–H groups in total. The zero-order valence-corrected chi connectivity index (χ0v) is 13.9. The first-order valence-corrected chi connectivity index (χ1v) is 8.19. The van der Waals surface area contributed by atoms with Crippen molar-refractivity contribution in [3.8, 4) is 5.75 Å². The molecule has 2 aromatic rings. The van der Waals surface area contributed by atoms with Crippen LogP contribution in [0.25, 0.3) is 0 Å². The summed E-state index contributed by atoms with van der Waals surface area (Å²) in [6.07, 6.45) is 3.35. The van der Waals surface area contributed by atoms with E-state index in [4.69, 9.17) is 22.7 Å². The molecule has 1 atom stereocenters. The summed E-state index contributed by atoms with van der Waals surface area (Å²) in [5.74, 6) is 0.757. The highest BCUT2D eigenvalue weighted by Gasteiger charge is 2.22. The van der Waals surface area contributed by atoms with Crippen LogP contribution in [0, 0.1) is 0 Å². The van der Waals surface area contributed by atoms with Gasteiger partial charge >= 0.3 is 0 Å². The van der Waals surface area contributed by atoms with Crippen LogP contribution in [-0.4, -0.2) is 4.99 Å².